The number of rotatable bonds is 4. The molecule has 1 aromatic carbocycles. The largest absolute Gasteiger partial charge is 0.319 e. The standard InChI is InChI=1S/C12H18IN/c1-12(2,9-14-3)8-10-4-6-11(13)7-5-10/h4-7,14H,8-9H2,1-3H3. The van der Waals surface area contributed by atoms with Crippen LogP contribution in [0.5, 0.6) is 0 Å². The second-order valence-corrected chi connectivity index (χ2v) is 5.74. The van der Waals surface area contributed by atoms with Crippen molar-refractivity contribution >= 4 is 22.6 Å². The third-order valence-corrected chi connectivity index (χ3v) is 2.97. The average Bonchev–Trinajstić information content (AvgIpc) is 2.08. The first-order valence-corrected chi connectivity index (χ1v) is 6.00. The van der Waals surface area contributed by atoms with E-state index in [9.17, 15) is 0 Å². The van der Waals surface area contributed by atoms with Crippen LogP contribution in [0.3, 0.4) is 0 Å². The van der Waals surface area contributed by atoms with E-state index < -0.39 is 0 Å². The first-order chi connectivity index (χ1) is 6.53. The van der Waals surface area contributed by atoms with Crippen LogP contribution in [0.2, 0.25) is 0 Å². The normalized spacial score (nSPS) is 11.7. The van der Waals surface area contributed by atoms with E-state index in [2.05, 4.69) is 66.0 Å². The molecule has 14 heavy (non-hydrogen) atoms. The molecule has 0 aliphatic heterocycles. The van der Waals surface area contributed by atoms with Gasteiger partial charge >= 0.3 is 0 Å². The molecule has 0 saturated heterocycles. The predicted octanol–water partition coefficient (Wildman–Crippen LogP) is 3.08. The Labute approximate surface area is 100 Å². The summed E-state index contributed by atoms with van der Waals surface area (Å²) >= 11 is 2.34. The van der Waals surface area contributed by atoms with Gasteiger partial charge in [-0.1, -0.05) is 26.0 Å². The van der Waals surface area contributed by atoms with E-state index in [0.29, 0.717) is 5.41 Å². The third-order valence-electron chi connectivity index (χ3n) is 2.25. The van der Waals surface area contributed by atoms with E-state index in [1.165, 1.54) is 9.13 Å². The lowest BCUT2D eigenvalue weighted by Gasteiger charge is -2.24. The van der Waals surface area contributed by atoms with Crippen LogP contribution in [-0.4, -0.2) is 13.6 Å². The molecule has 1 rings (SSSR count). The fourth-order valence-electron chi connectivity index (χ4n) is 1.70. The smallest absolute Gasteiger partial charge is 0.0130 e. The van der Waals surface area contributed by atoms with Crippen LogP contribution >= 0.6 is 22.6 Å². The summed E-state index contributed by atoms with van der Waals surface area (Å²) in [6.45, 7) is 5.64. The van der Waals surface area contributed by atoms with Gasteiger partial charge in [-0.2, -0.15) is 0 Å². The summed E-state index contributed by atoms with van der Waals surface area (Å²) in [4.78, 5) is 0. The minimum absolute atomic E-state index is 0.335. The van der Waals surface area contributed by atoms with Gasteiger partial charge in [0.1, 0.15) is 0 Å². The molecular formula is C12H18IN. The van der Waals surface area contributed by atoms with Gasteiger partial charge in [0.25, 0.3) is 0 Å². The van der Waals surface area contributed by atoms with E-state index in [1.807, 2.05) is 7.05 Å². The maximum absolute atomic E-state index is 3.24. The summed E-state index contributed by atoms with van der Waals surface area (Å²) in [6.07, 6.45) is 1.13. The van der Waals surface area contributed by atoms with Crippen molar-refractivity contribution in [2.45, 2.75) is 20.3 Å². The average molecular weight is 303 g/mol. The second kappa shape index (κ2) is 5.12. The lowest BCUT2D eigenvalue weighted by Crippen LogP contribution is -2.28. The Morgan fingerprint density at radius 3 is 2.29 bits per heavy atom. The molecule has 1 N–H and O–H groups in total. The van der Waals surface area contributed by atoms with Crippen molar-refractivity contribution in [3.63, 3.8) is 0 Å². The molecule has 0 unspecified atom stereocenters. The molecule has 0 aliphatic rings. The molecule has 1 nitrogen and oxygen atoms in total. The first kappa shape index (κ1) is 12.0. The molecule has 0 aromatic heterocycles. The number of halogens is 1. The van der Waals surface area contributed by atoms with Gasteiger partial charge in [-0.15, -0.1) is 0 Å². The van der Waals surface area contributed by atoms with Crippen molar-refractivity contribution in [2.75, 3.05) is 13.6 Å². The lowest BCUT2D eigenvalue weighted by molar-refractivity contribution is 0.350. The molecule has 0 fully saturated rings. The van der Waals surface area contributed by atoms with Gasteiger partial charge in [-0.3, -0.25) is 0 Å². The van der Waals surface area contributed by atoms with Crippen molar-refractivity contribution in [1.29, 1.82) is 0 Å². The number of hydrogen-bond acceptors (Lipinski definition) is 1. The Hall–Kier alpha value is -0.0900. The Morgan fingerprint density at radius 1 is 1.21 bits per heavy atom. The third kappa shape index (κ3) is 3.96. The maximum Gasteiger partial charge on any atom is 0.0130 e. The molecular weight excluding hydrogens is 285 g/mol. The topological polar surface area (TPSA) is 12.0 Å². The molecule has 0 heterocycles. The van der Waals surface area contributed by atoms with Gasteiger partial charge in [0.15, 0.2) is 0 Å². The zero-order valence-corrected chi connectivity index (χ0v) is 11.3. The van der Waals surface area contributed by atoms with Crippen LogP contribution in [0.4, 0.5) is 0 Å². The molecule has 0 saturated carbocycles. The molecule has 0 radical (unpaired) electrons. The van der Waals surface area contributed by atoms with Crippen LogP contribution < -0.4 is 5.32 Å². The summed E-state index contributed by atoms with van der Waals surface area (Å²) in [7, 11) is 2.01. The fraction of sp³-hybridized carbons (Fsp3) is 0.500. The Kier molecular flexibility index (Phi) is 4.38. The minimum Gasteiger partial charge on any atom is -0.319 e. The van der Waals surface area contributed by atoms with Crippen LogP contribution in [0, 0.1) is 8.99 Å². The summed E-state index contributed by atoms with van der Waals surface area (Å²) < 4.78 is 1.30. The molecule has 2 heteroatoms. The summed E-state index contributed by atoms with van der Waals surface area (Å²) in [6, 6.07) is 8.79. The van der Waals surface area contributed by atoms with Gasteiger partial charge in [-0.05, 0) is 59.2 Å². The first-order valence-electron chi connectivity index (χ1n) is 4.92. The molecule has 0 bridgehead atoms. The van der Waals surface area contributed by atoms with E-state index in [-0.39, 0.29) is 0 Å². The van der Waals surface area contributed by atoms with Gasteiger partial charge in [0, 0.05) is 10.1 Å². The van der Waals surface area contributed by atoms with Crippen molar-refractivity contribution < 1.29 is 0 Å². The highest BCUT2D eigenvalue weighted by molar-refractivity contribution is 14.1. The maximum atomic E-state index is 3.24. The zero-order valence-electron chi connectivity index (χ0n) is 9.10. The van der Waals surface area contributed by atoms with Crippen molar-refractivity contribution in [2.24, 2.45) is 5.41 Å². The van der Waals surface area contributed by atoms with E-state index in [0.717, 1.165) is 13.0 Å². The van der Waals surface area contributed by atoms with Crippen LogP contribution in [0.15, 0.2) is 24.3 Å². The Morgan fingerprint density at radius 2 is 1.79 bits per heavy atom. The molecule has 78 valence electrons. The van der Waals surface area contributed by atoms with Gasteiger partial charge in [-0.25, -0.2) is 0 Å². The molecule has 0 spiro atoms. The molecule has 0 amide bonds. The summed E-state index contributed by atoms with van der Waals surface area (Å²) in [5, 5.41) is 3.24. The predicted molar refractivity (Wildman–Crippen MR) is 70.6 cm³/mol. The highest BCUT2D eigenvalue weighted by Crippen LogP contribution is 2.21. The van der Waals surface area contributed by atoms with Crippen molar-refractivity contribution in [3.8, 4) is 0 Å². The SMILES string of the molecule is CNCC(C)(C)Cc1ccc(I)cc1. The van der Waals surface area contributed by atoms with Gasteiger partial charge < -0.3 is 5.32 Å². The Balaban J connectivity index is 2.64. The van der Waals surface area contributed by atoms with Crippen molar-refractivity contribution in [3.05, 3.63) is 33.4 Å². The highest BCUT2D eigenvalue weighted by atomic mass is 127. The highest BCUT2D eigenvalue weighted by Gasteiger charge is 2.16. The van der Waals surface area contributed by atoms with Crippen LogP contribution in [0.1, 0.15) is 19.4 Å². The fourth-order valence-corrected chi connectivity index (χ4v) is 2.06. The lowest BCUT2D eigenvalue weighted by atomic mass is 9.86. The number of hydrogen-bond donors (Lipinski definition) is 1. The zero-order chi connectivity index (χ0) is 10.6. The quantitative estimate of drug-likeness (QED) is 0.843. The molecule has 1 aromatic rings. The van der Waals surface area contributed by atoms with Crippen molar-refractivity contribution in [1.82, 2.24) is 5.32 Å². The Bertz CT molecular complexity index is 277. The summed E-state index contributed by atoms with van der Waals surface area (Å²) in [5.74, 6) is 0. The van der Waals surface area contributed by atoms with Crippen LogP contribution in [-0.2, 0) is 6.42 Å². The monoisotopic (exact) mass is 303 g/mol. The summed E-state index contributed by atoms with van der Waals surface area (Å²) in [5.41, 5.74) is 1.76. The number of nitrogens with one attached hydrogen (secondary N) is 1. The minimum atomic E-state index is 0.335. The van der Waals surface area contributed by atoms with Crippen LogP contribution in [0.25, 0.3) is 0 Å². The van der Waals surface area contributed by atoms with Gasteiger partial charge in [0.05, 0.1) is 0 Å². The van der Waals surface area contributed by atoms with E-state index >= 15 is 0 Å². The van der Waals surface area contributed by atoms with E-state index in [1.54, 1.807) is 0 Å². The second-order valence-electron chi connectivity index (χ2n) is 4.50. The number of benzene rings is 1. The molecule has 0 atom stereocenters. The van der Waals surface area contributed by atoms with Gasteiger partial charge in [0.2, 0.25) is 0 Å². The molecule has 0 aliphatic carbocycles. The van der Waals surface area contributed by atoms with E-state index in [4.69, 9.17) is 0 Å².